The predicted molar refractivity (Wildman–Crippen MR) is 113 cm³/mol. The highest BCUT2D eigenvalue weighted by molar-refractivity contribution is 5.95. The summed E-state index contributed by atoms with van der Waals surface area (Å²) >= 11 is 0. The molecule has 5 heteroatoms. The molecular formula is C23H28N4O. The third-order valence-corrected chi connectivity index (χ3v) is 5.65. The normalized spacial score (nSPS) is 19.8. The van der Waals surface area contributed by atoms with Gasteiger partial charge in [-0.3, -0.25) is 15.6 Å². The number of nitrogens with two attached hydrogens (primary N) is 2. The number of hydrogen-bond acceptors (Lipinski definition) is 3. The number of nitrogen functional groups attached to an aromatic ring is 2. The predicted octanol–water partition coefficient (Wildman–Crippen LogP) is 3.42. The van der Waals surface area contributed by atoms with Crippen molar-refractivity contribution in [3.8, 4) is 0 Å². The Kier molecular flexibility index (Phi) is 6.24. The first-order valence-electron chi connectivity index (χ1n) is 9.84. The molecule has 28 heavy (non-hydrogen) atoms. The van der Waals surface area contributed by atoms with E-state index in [-0.39, 0.29) is 23.5 Å². The molecule has 146 valence electrons. The highest BCUT2D eigenvalue weighted by atomic mass is 16.1. The first kappa shape index (κ1) is 19.8. The molecule has 0 aromatic heterocycles. The molecule has 0 aliphatic heterocycles. The van der Waals surface area contributed by atoms with Crippen molar-refractivity contribution in [3.63, 3.8) is 0 Å². The average molecular weight is 377 g/mol. The Morgan fingerprint density at radius 3 is 1.43 bits per heavy atom. The number of Topliss-reactive ketones (excluding diaryl/α,β-unsaturated/α-hetero) is 1. The van der Waals surface area contributed by atoms with Gasteiger partial charge in [-0.05, 0) is 36.8 Å². The molecule has 1 fully saturated rings. The number of carbonyl (C=O) groups excluding carboxylic acids is 1. The Morgan fingerprint density at radius 1 is 0.750 bits per heavy atom. The summed E-state index contributed by atoms with van der Waals surface area (Å²) in [5, 5.41) is 15.0. The summed E-state index contributed by atoms with van der Waals surface area (Å²) in [6.45, 7) is 0. The molecule has 1 aliphatic carbocycles. The molecule has 0 spiro atoms. The van der Waals surface area contributed by atoms with Gasteiger partial charge in [-0.25, -0.2) is 0 Å². The van der Waals surface area contributed by atoms with E-state index in [4.69, 9.17) is 22.3 Å². The quantitative estimate of drug-likeness (QED) is 0.351. The zero-order chi connectivity index (χ0) is 20.1. The Labute approximate surface area is 166 Å². The molecule has 2 aromatic rings. The van der Waals surface area contributed by atoms with E-state index in [1.165, 1.54) is 0 Å². The van der Waals surface area contributed by atoms with Crippen molar-refractivity contribution in [1.82, 2.24) is 0 Å². The average Bonchev–Trinajstić information content (AvgIpc) is 2.85. The van der Waals surface area contributed by atoms with Crippen molar-refractivity contribution in [3.05, 3.63) is 70.8 Å². The first-order valence-corrected chi connectivity index (χ1v) is 9.84. The second-order valence-corrected chi connectivity index (χ2v) is 7.71. The van der Waals surface area contributed by atoms with Gasteiger partial charge in [0.05, 0.1) is 0 Å². The van der Waals surface area contributed by atoms with Crippen LogP contribution in [0.3, 0.4) is 0 Å². The fourth-order valence-electron chi connectivity index (χ4n) is 4.01. The van der Waals surface area contributed by atoms with Crippen molar-refractivity contribution >= 4 is 17.5 Å². The number of ketones is 1. The molecule has 2 aromatic carbocycles. The highest BCUT2D eigenvalue weighted by Gasteiger charge is 2.29. The van der Waals surface area contributed by atoms with Gasteiger partial charge in [-0.1, -0.05) is 61.4 Å². The number of amidine groups is 2. The number of carbonyl (C=O) groups is 1. The van der Waals surface area contributed by atoms with Crippen molar-refractivity contribution in [1.29, 1.82) is 10.8 Å². The zero-order valence-corrected chi connectivity index (χ0v) is 16.1. The van der Waals surface area contributed by atoms with Crippen LogP contribution in [0.25, 0.3) is 0 Å². The summed E-state index contributed by atoms with van der Waals surface area (Å²) in [5.74, 6) is 0.587. The minimum atomic E-state index is 0.0483. The van der Waals surface area contributed by atoms with Gasteiger partial charge in [0, 0.05) is 23.0 Å². The van der Waals surface area contributed by atoms with Crippen LogP contribution in [0.15, 0.2) is 48.5 Å². The lowest BCUT2D eigenvalue weighted by atomic mass is 9.83. The molecule has 3 rings (SSSR count). The summed E-state index contributed by atoms with van der Waals surface area (Å²) in [6, 6.07) is 15.3. The summed E-state index contributed by atoms with van der Waals surface area (Å²) in [4.78, 5) is 13.2. The Balaban J connectivity index is 1.68. The fourth-order valence-corrected chi connectivity index (χ4v) is 4.01. The van der Waals surface area contributed by atoms with Crippen molar-refractivity contribution in [2.45, 2.75) is 38.5 Å². The number of rotatable bonds is 6. The molecule has 2 atom stereocenters. The minimum absolute atomic E-state index is 0.0483. The lowest BCUT2D eigenvalue weighted by molar-refractivity contribution is -0.126. The topological polar surface area (TPSA) is 117 Å². The van der Waals surface area contributed by atoms with Crippen molar-refractivity contribution in [2.24, 2.45) is 23.3 Å². The van der Waals surface area contributed by atoms with Crippen LogP contribution >= 0.6 is 0 Å². The van der Waals surface area contributed by atoms with E-state index in [9.17, 15) is 4.79 Å². The maximum atomic E-state index is 13.2. The van der Waals surface area contributed by atoms with Crippen LogP contribution in [0.5, 0.6) is 0 Å². The Bertz CT molecular complexity index is 784. The minimum Gasteiger partial charge on any atom is -0.384 e. The Hall–Kier alpha value is -2.95. The van der Waals surface area contributed by atoms with Crippen LogP contribution in [0.4, 0.5) is 0 Å². The van der Waals surface area contributed by atoms with Crippen LogP contribution in [0.1, 0.15) is 47.9 Å². The smallest absolute Gasteiger partial charge is 0.139 e. The largest absolute Gasteiger partial charge is 0.384 e. The zero-order valence-electron chi connectivity index (χ0n) is 16.1. The van der Waals surface area contributed by atoms with Gasteiger partial charge in [0.2, 0.25) is 0 Å². The van der Waals surface area contributed by atoms with Crippen LogP contribution < -0.4 is 11.5 Å². The molecule has 6 N–H and O–H groups in total. The lowest BCUT2D eigenvalue weighted by Crippen LogP contribution is -2.25. The molecule has 0 unspecified atom stereocenters. The second-order valence-electron chi connectivity index (χ2n) is 7.71. The highest BCUT2D eigenvalue weighted by Crippen LogP contribution is 2.29. The van der Waals surface area contributed by atoms with Crippen LogP contribution in [0, 0.1) is 22.7 Å². The summed E-state index contributed by atoms with van der Waals surface area (Å²) in [5.41, 5.74) is 14.7. The maximum Gasteiger partial charge on any atom is 0.139 e. The molecule has 0 heterocycles. The van der Waals surface area contributed by atoms with Gasteiger partial charge >= 0.3 is 0 Å². The molecule has 0 saturated heterocycles. The van der Waals surface area contributed by atoms with E-state index in [2.05, 4.69) is 0 Å². The van der Waals surface area contributed by atoms with Gasteiger partial charge < -0.3 is 11.5 Å². The number of benzene rings is 2. The Morgan fingerprint density at radius 2 is 1.11 bits per heavy atom. The molecule has 1 aliphatic rings. The van der Waals surface area contributed by atoms with E-state index in [1.54, 1.807) is 0 Å². The molecule has 0 bridgehead atoms. The lowest BCUT2D eigenvalue weighted by Gasteiger charge is -2.19. The summed E-state index contributed by atoms with van der Waals surface area (Å²) < 4.78 is 0. The number of nitrogens with one attached hydrogen (secondary N) is 2. The van der Waals surface area contributed by atoms with Crippen molar-refractivity contribution < 1.29 is 4.79 Å². The van der Waals surface area contributed by atoms with Crippen LogP contribution in [0.2, 0.25) is 0 Å². The fraction of sp³-hybridized carbons (Fsp3) is 0.348. The SMILES string of the molecule is N=C(N)c1ccc(C[C@H]2CCCC[C@H](Cc3ccc(C(=N)N)cc3)C2=O)cc1. The summed E-state index contributed by atoms with van der Waals surface area (Å²) in [7, 11) is 0. The summed E-state index contributed by atoms with van der Waals surface area (Å²) in [6.07, 6.45) is 5.54. The van der Waals surface area contributed by atoms with E-state index in [1.807, 2.05) is 48.5 Å². The van der Waals surface area contributed by atoms with E-state index in [0.29, 0.717) is 16.9 Å². The van der Waals surface area contributed by atoms with Gasteiger partial charge in [-0.15, -0.1) is 0 Å². The molecule has 0 amide bonds. The molecule has 5 nitrogen and oxygen atoms in total. The van der Waals surface area contributed by atoms with Crippen LogP contribution in [-0.4, -0.2) is 17.5 Å². The standard InChI is InChI=1S/C23H28N4O/c24-22(25)17-9-5-15(6-10-17)13-19-3-1-2-4-20(21(19)28)14-16-7-11-18(12-8-16)23(26)27/h5-12,19-20H,1-4,13-14H2,(H3,24,25)(H3,26,27)/t19-,20-/m1/s1. The maximum absolute atomic E-state index is 13.2. The third kappa shape index (κ3) is 4.85. The van der Waals surface area contributed by atoms with E-state index >= 15 is 0 Å². The molecular weight excluding hydrogens is 348 g/mol. The monoisotopic (exact) mass is 376 g/mol. The van der Waals surface area contributed by atoms with Crippen molar-refractivity contribution in [2.75, 3.05) is 0 Å². The molecule has 1 saturated carbocycles. The first-order chi connectivity index (χ1) is 13.4. The van der Waals surface area contributed by atoms with Gasteiger partial charge in [0.15, 0.2) is 0 Å². The third-order valence-electron chi connectivity index (χ3n) is 5.65. The molecule has 0 radical (unpaired) electrons. The second kappa shape index (κ2) is 8.83. The number of hydrogen-bond donors (Lipinski definition) is 4. The van der Waals surface area contributed by atoms with Gasteiger partial charge in [0.1, 0.15) is 17.5 Å². The van der Waals surface area contributed by atoms with Gasteiger partial charge in [-0.2, -0.15) is 0 Å². The van der Waals surface area contributed by atoms with Crippen LogP contribution in [-0.2, 0) is 17.6 Å². The van der Waals surface area contributed by atoms with Gasteiger partial charge in [0.25, 0.3) is 0 Å². The van der Waals surface area contributed by atoms with E-state index in [0.717, 1.165) is 49.7 Å². The van der Waals surface area contributed by atoms with E-state index < -0.39 is 0 Å².